The minimum Gasteiger partial charge on any atom is -0.310 e. The van der Waals surface area contributed by atoms with E-state index in [0.717, 1.165) is 13.0 Å². The van der Waals surface area contributed by atoms with Crippen LogP contribution in [0.15, 0.2) is 18.2 Å². The van der Waals surface area contributed by atoms with Crippen molar-refractivity contribution in [3.8, 4) is 0 Å². The monoisotopic (exact) mass is 287 g/mol. The highest BCUT2D eigenvalue weighted by Crippen LogP contribution is 2.27. The lowest BCUT2D eigenvalue weighted by atomic mass is 9.97. The summed E-state index contributed by atoms with van der Waals surface area (Å²) >= 11 is 12.0. The van der Waals surface area contributed by atoms with Gasteiger partial charge >= 0.3 is 0 Å². The summed E-state index contributed by atoms with van der Waals surface area (Å²) in [5.74, 6) is 1.37. The normalized spacial score (nSPS) is 14.8. The second-order valence-corrected chi connectivity index (χ2v) is 6.08. The number of nitrogens with one attached hydrogen (secondary N) is 1. The molecule has 0 bridgehead atoms. The molecule has 0 amide bonds. The van der Waals surface area contributed by atoms with Crippen LogP contribution in [0, 0.1) is 11.8 Å². The fourth-order valence-corrected chi connectivity index (χ4v) is 2.10. The third-order valence-electron chi connectivity index (χ3n) is 3.58. The molecule has 1 aromatic rings. The standard InChI is InChI=1S/C15H23Cl2N/c1-5-15(18-9-11(4)10(2)3)12-6-7-13(16)14(17)8-12/h6-8,10-11,15,18H,5,9H2,1-4H3. The van der Waals surface area contributed by atoms with Gasteiger partial charge in [0, 0.05) is 6.04 Å². The number of rotatable bonds is 6. The number of hydrogen-bond donors (Lipinski definition) is 1. The molecular weight excluding hydrogens is 265 g/mol. The summed E-state index contributed by atoms with van der Waals surface area (Å²) in [7, 11) is 0. The van der Waals surface area contributed by atoms with Crippen LogP contribution >= 0.6 is 23.2 Å². The maximum absolute atomic E-state index is 6.07. The quantitative estimate of drug-likeness (QED) is 0.746. The van der Waals surface area contributed by atoms with Gasteiger partial charge in [-0.25, -0.2) is 0 Å². The predicted octanol–water partition coefficient (Wildman–Crippen LogP) is 5.33. The van der Waals surface area contributed by atoms with Crippen molar-refractivity contribution in [3.63, 3.8) is 0 Å². The minimum absolute atomic E-state index is 0.348. The van der Waals surface area contributed by atoms with E-state index in [4.69, 9.17) is 23.2 Å². The van der Waals surface area contributed by atoms with Gasteiger partial charge in [-0.05, 0) is 42.5 Å². The van der Waals surface area contributed by atoms with Crippen molar-refractivity contribution in [2.24, 2.45) is 11.8 Å². The van der Waals surface area contributed by atoms with Crippen LogP contribution in [0.3, 0.4) is 0 Å². The summed E-state index contributed by atoms with van der Waals surface area (Å²) in [6, 6.07) is 6.23. The Labute approximate surface area is 121 Å². The zero-order valence-electron chi connectivity index (χ0n) is 11.6. The van der Waals surface area contributed by atoms with Crippen LogP contribution < -0.4 is 5.32 Å². The van der Waals surface area contributed by atoms with Crippen molar-refractivity contribution >= 4 is 23.2 Å². The van der Waals surface area contributed by atoms with Crippen molar-refractivity contribution in [1.29, 1.82) is 0 Å². The zero-order valence-corrected chi connectivity index (χ0v) is 13.1. The Balaban J connectivity index is 2.68. The Kier molecular flexibility index (Phi) is 6.48. The first-order valence-electron chi connectivity index (χ1n) is 6.64. The second-order valence-electron chi connectivity index (χ2n) is 5.26. The first-order valence-corrected chi connectivity index (χ1v) is 7.39. The Bertz CT molecular complexity index is 377. The third-order valence-corrected chi connectivity index (χ3v) is 4.32. The molecule has 102 valence electrons. The highest BCUT2D eigenvalue weighted by molar-refractivity contribution is 6.42. The van der Waals surface area contributed by atoms with Gasteiger partial charge in [0.25, 0.3) is 0 Å². The molecule has 0 aliphatic carbocycles. The smallest absolute Gasteiger partial charge is 0.0595 e. The molecule has 2 atom stereocenters. The molecule has 0 heterocycles. The van der Waals surface area contributed by atoms with Gasteiger partial charge in [0.1, 0.15) is 0 Å². The molecule has 0 radical (unpaired) electrons. The van der Waals surface area contributed by atoms with E-state index in [2.05, 4.69) is 39.1 Å². The highest BCUT2D eigenvalue weighted by atomic mass is 35.5. The van der Waals surface area contributed by atoms with Crippen LogP contribution in [0.4, 0.5) is 0 Å². The van der Waals surface area contributed by atoms with E-state index in [1.807, 2.05) is 12.1 Å². The second kappa shape index (κ2) is 7.37. The lowest BCUT2D eigenvalue weighted by Gasteiger charge is -2.22. The van der Waals surface area contributed by atoms with Gasteiger partial charge in [0.05, 0.1) is 10.0 Å². The Morgan fingerprint density at radius 3 is 2.28 bits per heavy atom. The van der Waals surface area contributed by atoms with Gasteiger partial charge in [-0.2, -0.15) is 0 Å². The Morgan fingerprint density at radius 1 is 1.11 bits per heavy atom. The Hall–Kier alpha value is -0.240. The molecule has 1 N–H and O–H groups in total. The first kappa shape index (κ1) is 15.8. The fourth-order valence-electron chi connectivity index (χ4n) is 1.79. The average Bonchev–Trinajstić information content (AvgIpc) is 2.33. The summed E-state index contributed by atoms with van der Waals surface area (Å²) in [6.45, 7) is 9.99. The number of halogens is 2. The molecule has 0 spiro atoms. The van der Waals surface area contributed by atoms with Gasteiger partial charge in [-0.3, -0.25) is 0 Å². The van der Waals surface area contributed by atoms with E-state index < -0.39 is 0 Å². The molecule has 0 aromatic heterocycles. The van der Waals surface area contributed by atoms with Gasteiger partial charge in [-0.1, -0.05) is 57.0 Å². The van der Waals surface area contributed by atoms with Crippen LogP contribution in [0.25, 0.3) is 0 Å². The molecule has 2 unspecified atom stereocenters. The maximum Gasteiger partial charge on any atom is 0.0595 e. The van der Waals surface area contributed by atoms with Crippen molar-refractivity contribution in [2.75, 3.05) is 6.54 Å². The topological polar surface area (TPSA) is 12.0 Å². The molecule has 0 aliphatic rings. The summed E-state index contributed by atoms with van der Waals surface area (Å²) in [4.78, 5) is 0. The van der Waals surface area contributed by atoms with E-state index in [1.165, 1.54) is 5.56 Å². The van der Waals surface area contributed by atoms with Crippen LogP contribution in [0.1, 0.15) is 45.7 Å². The summed E-state index contributed by atoms with van der Waals surface area (Å²) < 4.78 is 0. The van der Waals surface area contributed by atoms with E-state index in [9.17, 15) is 0 Å². The molecule has 1 aromatic carbocycles. The maximum atomic E-state index is 6.07. The summed E-state index contributed by atoms with van der Waals surface area (Å²) in [5.41, 5.74) is 1.21. The molecule has 0 saturated heterocycles. The fraction of sp³-hybridized carbons (Fsp3) is 0.600. The number of hydrogen-bond acceptors (Lipinski definition) is 1. The van der Waals surface area contributed by atoms with E-state index >= 15 is 0 Å². The molecule has 0 fully saturated rings. The largest absolute Gasteiger partial charge is 0.310 e. The van der Waals surface area contributed by atoms with Gasteiger partial charge in [-0.15, -0.1) is 0 Å². The highest BCUT2D eigenvalue weighted by Gasteiger charge is 2.13. The van der Waals surface area contributed by atoms with E-state index in [-0.39, 0.29) is 0 Å². The SMILES string of the molecule is CCC(NCC(C)C(C)C)c1ccc(Cl)c(Cl)c1. The average molecular weight is 288 g/mol. The zero-order chi connectivity index (χ0) is 13.7. The minimum atomic E-state index is 0.348. The summed E-state index contributed by atoms with van der Waals surface area (Å²) in [6.07, 6.45) is 1.04. The van der Waals surface area contributed by atoms with E-state index in [1.54, 1.807) is 0 Å². The molecule has 0 saturated carbocycles. The Morgan fingerprint density at radius 2 is 1.78 bits per heavy atom. The van der Waals surface area contributed by atoms with Crippen molar-refractivity contribution in [3.05, 3.63) is 33.8 Å². The van der Waals surface area contributed by atoms with Crippen molar-refractivity contribution in [2.45, 2.75) is 40.2 Å². The third kappa shape index (κ3) is 4.46. The van der Waals surface area contributed by atoms with Crippen LogP contribution in [0.2, 0.25) is 10.0 Å². The van der Waals surface area contributed by atoms with E-state index in [0.29, 0.717) is 27.9 Å². The molecular formula is C15H23Cl2N. The molecule has 3 heteroatoms. The summed E-state index contributed by atoms with van der Waals surface area (Å²) in [5, 5.41) is 4.86. The van der Waals surface area contributed by atoms with Gasteiger partial charge < -0.3 is 5.32 Å². The number of benzene rings is 1. The van der Waals surface area contributed by atoms with Crippen LogP contribution in [-0.4, -0.2) is 6.54 Å². The lowest BCUT2D eigenvalue weighted by Crippen LogP contribution is -2.28. The van der Waals surface area contributed by atoms with Crippen molar-refractivity contribution in [1.82, 2.24) is 5.32 Å². The predicted molar refractivity (Wildman–Crippen MR) is 81.5 cm³/mol. The lowest BCUT2D eigenvalue weighted by molar-refractivity contribution is 0.366. The molecule has 1 rings (SSSR count). The van der Waals surface area contributed by atoms with Gasteiger partial charge in [0.2, 0.25) is 0 Å². The molecule has 18 heavy (non-hydrogen) atoms. The molecule has 1 nitrogen and oxygen atoms in total. The van der Waals surface area contributed by atoms with Crippen molar-refractivity contribution < 1.29 is 0 Å². The van der Waals surface area contributed by atoms with Crippen LogP contribution in [0.5, 0.6) is 0 Å². The first-order chi connectivity index (χ1) is 8.45. The van der Waals surface area contributed by atoms with Crippen LogP contribution in [-0.2, 0) is 0 Å². The molecule has 0 aliphatic heterocycles. The van der Waals surface area contributed by atoms with Gasteiger partial charge in [0.15, 0.2) is 0 Å².